The summed E-state index contributed by atoms with van der Waals surface area (Å²) in [5, 5.41) is 0.800. The van der Waals surface area contributed by atoms with Gasteiger partial charge in [0.2, 0.25) is 0 Å². The molecule has 0 fully saturated rings. The number of benzene rings is 2. The highest BCUT2D eigenvalue weighted by molar-refractivity contribution is 5.91. The molecular formula is C22H17F2N3O2. The number of carbonyl (C=O) groups is 1. The van der Waals surface area contributed by atoms with Gasteiger partial charge < -0.3 is 15.0 Å². The first-order valence-electron chi connectivity index (χ1n) is 8.84. The van der Waals surface area contributed by atoms with E-state index in [9.17, 15) is 13.6 Å². The van der Waals surface area contributed by atoms with Crippen LogP contribution in [0.4, 0.5) is 8.78 Å². The number of fused-ring (bicyclic) bond motifs is 1. The van der Waals surface area contributed by atoms with E-state index in [-0.39, 0.29) is 17.8 Å². The van der Waals surface area contributed by atoms with Crippen molar-refractivity contribution in [2.75, 3.05) is 7.11 Å². The van der Waals surface area contributed by atoms with Crippen LogP contribution in [0.15, 0.2) is 60.7 Å². The number of primary amides is 1. The van der Waals surface area contributed by atoms with Crippen LogP contribution in [0.25, 0.3) is 22.2 Å². The maximum atomic E-state index is 14.5. The number of hydrogen-bond donors (Lipinski definition) is 1. The third kappa shape index (κ3) is 3.54. The molecule has 0 bridgehead atoms. The van der Waals surface area contributed by atoms with E-state index in [1.807, 2.05) is 16.7 Å². The summed E-state index contributed by atoms with van der Waals surface area (Å²) in [6.45, 7) is 0.238. The van der Waals surface area contributed by atoms with Gasteiger partial charge in [-0.25, -0.2) is 13.8 Å². The number of carbonyl (C=O) groups excluding carboxylic acids is 1. The quantitative estimate of drug-likeness (QED) is 0.554. The molecule has 2 N–H and O–H groups in total. The summed E-state index contributed by atoms with van der Waals surface area (Å²) >= 11 is 0. The van der Waals surface area contributed by atoms with Crippen LogP contribution >= 0.6 is 0 Å². The van der Waals surface area contributed by atoms with Crippen LogP contribution in [-0.2, 0) is 6.54 Å². The molecule has 0 atom stereocenters. The summed E-state index contributed by atoms with van der Waals surface area (Å²) in [4.78, 5) is 15.7. The molecule has 0 aliphatic carbocycles. The molecule has 2 heterocycles. The van der Waals surface area contributed by atoms with E-state index >= 15 is 0 Å². The number of pyridine rings is 1. The van der Waals surface area contributed by atoms with Crippen LogP contribution in [0.2, 0.25) is 0 Å². The maximum absolute atomic E-state index is 14.5. The molecule has 29 heavy (non-hydrogen) atoms. The molecule has 2 aromatic carbocycles. The molecule has 4 aromatic rings. The predicted molar refractivity (Wildman–Crippen MR) is 106 cm³/mol. The number of hydrogen-bond acceptors (Lipinski definition) is 3. The van der Waals surface area contributed by atoms with Crippen molar-refractivity contribution >= 4 is 16.8 Å². The number of amides is 1. The Morgan fingerprint density at radius 3 is 2.69 bits per heavy atom. The zero-order chi connectivity index (χ0) is 20.5. The minimum Gasteiger partial charge on any atom is -0.497 e. The van der Waals surface area contributed by atoms with E-state index in [2.05, 4.69) is 4.98 Å². The monoisotopic (exact) mass is 393 g/mol. The lowest BCUT2D eigenvalue weighted by Crippen LogP contribution is -2.14. The van der Waals surface area contributed by atoms with Crippen molar-refractivity contribution in [3.63, 3.8) is 0 Å². The summed E-state index contributed by atoms with van der Waals surface area (Å²) in [5.41, 5.74) is 7.42. The highest BCUT2D eigenvalue weighted by atomic mass is 19.1. The van der Waals surface area contributed by atoms with E-state index in [1.54, 1.807) is 31.4 Å². The summed E-state index contributed by atoms with van der Waals surface area (Å²) < 4.78 is 35.5. The Morgan fingerprint density at radius 2 is 1.93 bits per heavy atom. The van der Waals surface area contributed by atoms with Crippen molar-refractivity contribution in [1.29, 1.82) is 0 Å². The molecule has 0 aliphatic heterocycles. The summed E-state index contributed by atoms with van der Waals surface area (Å²) in [6, 6.07) is 15.5. The van der Waals surface area contributed by atoms with Crippen LogP contribution < -0.4 is 10.5 Å². The van der Waals surface area contributed by atoms with Gasteiger partial charge in [-0.2, -0.15) is 0 Å². The third-order valence-electron chi connectivity index (χ3n) is 4.69. The van der Waals surface area contributed by atoms with Gasteiger partial charge in [0.1, 0.15) is 23.1 Å². The molecule has 7 heteroatoms. The zero-order valence-electron chi connectivity index (χ0n) is 15.5. The minimum absolute atomic E-state index is 0.131. The second kappa shape index (κ2) is 7.35. The van der Waals surface area contributed by atoms with E-state index in [1.165, 1.54) is 6.07 Å². The summed E-state index contributed by atoms with van der Waals surface area (Å²) in [5.74, 6) is -1.06. The van der Waals surface area contributed by atoms with Crippen LogP contribution in [0.5, 0.6) is 5.75 Å². The first-order valence-corrected chi connectivity index (χ1v) is 8.84. The normalized spacial score (nSPS) is 11.0. The predicted octanol–water partition coefficient (Wildman–Crippen LogP) is 4.14. The number of rotatable bonds is 5. The molecule has 146 valence electrons. The first-order chi connectivity index (χ1) is 14.0. The number of methoxy groups -OCH3 is 1. The Labute approximate surface area is 165 Å². The van der Waals surface area contributed by atoms with Crippen molar-refractivity contribution in [2.45, 2.75) is 6.54 Å². The first kappa shape index (κ1) is 18.6. The molecule has 0 unspecified atom stereocenters. The van der Waals surface area contributed by atoms with Crippen LogP contribution in [0.3, 0.4) is 0 Å². The Balaban J connectivity index is 1.92. The molecule has 0 radical (unpaired) electrons. The fourth-order valence-electron chi connectivity index (χ4n) is 3.33. The van der Waals surface area contributed by atoms with Crippen molar-refractivity contribution in [2.24, 2.45) is 5.73 Å². The second-order valence-electron chi connectivity index (χ2n) is 6.54. The molecule has 5 nitrogen and oxygen atoms in total. The van der Waals surface area contributed by atoms with E-state index in [4.69, 9.17) is 10.5 Å². The topological polar surface area (TPSA) is 70.1 Å². The fourth-order valence-corrected chi connectivity index (χ4v) is 3.33. The maximum Gasteiger partial charge on any atom is 0.267 e. The Bertz CT molecular complexity index is 1230. The van der Waals surface area contributed by atoms with Crippen molar-refractivity contribution in [3.05, 3.63) is 83.7 Å². The van der Waals surface area contributed by atoms with Crippen molar-refractivity contribution in [1.82, 2.24) is 9.55 Å². The Morgan fingerprint density at radius 1 is 1.10 bits per heavy atom. The Kier molecular flexibility index (Phi) is 4.72. The molecule has 1 amide bonds. The fraction of sp³-hybridized carbons (Fsp3) is 0.0909. The largest absolute Gasteiger partial charge is 0.497 e. The number of nitrogens with zero attached hydrogens (tertiary/aromatic N) is 2. The molecule has 0 spiro atoms. The molecule has 0 saturated carbocycles. The zero-order valence-corrected chi connectivity index (χ0v) is 15.5. The lowest BCUT2D eigenvalue weighted by Gasteiger charge is -2.12. The molecule has 0 saturated heterocycles. The lowest BCUT2D eigenvalue weighted by molar-refractivity contribution is 0.0995. The SMILES string of the molecule is COc1ccc2c(c1)cc(-c1cc(F)ccc1F)n2Cc1cccc(C(N)=O)n1. The molecular weight excluding hydrogens is 376 g/mol. The summed E-state index contributed by atoms with van der Waals surface area (Å²) in [7, 11) is 1.56. The second-order valence-corrected chi connectivity index (χ2v) is 6.54. The van der Waals surface area contributed by atoms with Gasteiger partial charge in [0.15, 0.2) is 0 Å². The number of halogens is 2. The van der Waals surface area contributed by atoms with Gasteiger partial charge in [-0.1, -0.05) is 6.07 Å². The molecule has 4 rings (SSSR count). The number of nitrogens with two attached hydrogens (primary N) is 1. The van der Waals surface area contributed by atoms with E-state index in [0.717, 1.165) is 29.1 Å². The van der Waals surface area contributed by atoms with E-state index < -0.39 is 17.5 Å². The van der Waals surface area contributed by atoms with E-state index in [0.29, 0.717) is 17.1 Å². The van der Waals surface area contributed by atoms with Gasteiger partial charge in [0, 0.05) is 16.5 Å². The minimum atomic E-state index is -0.634. The van der Waals surface area contributed by atoms with Gasteiger partial charge in [-0.3, -0.25) is 4.79 Å². The molecule has 2 aromatic heterocycles. The van der Waals surface area contributed by atoms with Crippen LogP contribution in [0.1, 0.15) is 16.2 Å². The van der Waals surface area contributed by atoms with Gasteiger partial charge in [-0.05, 0) is 54.6 Å². The van der Waals surface area contributed by atoms with Crippen LogP contribution in [0, 0.1) is 11.6 Å². The number of aromatic nitrogens is 2. The smallest absolute Gasteiger partial charge is 0.267 e. The average molecular weight is 393 g/mol. The Hall–Kier alpha value is -3.74. The summed E-state index contributed by atoms with van der Waals surface area (Å²) in [6.07, 6.45) is 0. The van der Waals surface area contributed by atoms with Gasteiger partial charge >= 0.3 is 0 Å². The highest BCUT2D eigenvalue weighted by Gasteiger charge is 2.17. The van der Waals surface area contributed by atoms with Gasteiger partial charge in [-0.15, -0.1) is 0 Å². The van der Waals surface area contributed by atoms with Crippen LogP contribution in [-0.4, -0.2) is 22.6 Å². The third-order valence-corrected chi connectivity index (χ3v) is 4.69. The average Bonchev–Trinajstić information content (AvgIpc) is 3.07. The highest BCUT2D eigenvalue weighted by Crippen LogP contribution is 2.33. The molecule has 0 aliphatic rings. The van der Waals surface area contributed by atoms with Gasteiger partial charge in [0.05, 0.1) is 25.0 Å². The van der Waals surface area contributed by atoms with Crippen molar-refractivity contribution in [3.8, 4) is 17.0 Å². The standard InChI is InChI=1S/C22H17F2N3O2/c1-29-16-6-8-20-13(9-16)10-21(17-11-14(23)5-7-18(17)24)27(20)12-15-3-2-4-19(26-15)22(25)28/h2-11H,12H2,1H3,(H2,25,28). The number of ether oxygens (including phenoxy) is 1. The van der Waals surface area contributed by atoms with Gasteiger partial charge in [0.25, 0.3) is 5.91 Å². The van der Waals surface area contributed by atoms with Crippen molar-refractivity contribution < 1.29 is 18.3 Å². The lowest BCUT2D eigenvalue weighted by atomic mass is 10.1.